The highest BCUT2D eigenvalue weighted by atomic mass is 16.4. The van der Waals surface area contributed by atoms with E-state index >= 15 is 0 Å². The van der Waals surface area contributed by atoms with Gasteiger partial charge in [-0.15, -0.1) is 0 Å². The number of hydrogen-bond acceptors (Lipinski definition) is 6. The van der Waals surface area contributed by atoms with Crippen LogP contribution < -0.4 is 12.3 Å². The summed E-state index contributed by atoms with van der Waals surface area (Å²) in [6.07, 6.45) is 0. The minimum atomic E-state index is -0.833. The van der Waals surface area contributed by atoms with Gasteiger partial charge in [0, 0.05) is 27.7 Å². The van der Waals surface area contributed by atoms with E-state index in [9.17, 15) is 0 Å². The molecule has 0 unspecified atom stereocenters. The Kier molecular flexibility index (Phi) is 115. The van der Waals surface area contributed by atoms with E-state index in [0.717, 1.165) is 27.7 Å². The van der Waals surface area contributed by atoms with Crippen LogP contribution in [0, 0.1) is 0 Å². The highest BCUT2D eigenvalue weighted by Gasteiger charge is 1.66. The fourth-order valence-corrected chi connectivity index (χ4v) is 0. The van der Waals surface area contributed by atoms with Crippen LogP contribution in [-0.4, -0.2) is 55.3 Å². The Morgan fingerprint density at radius 3 is 0.500 bits per heavy atom. The zero-order valence-electron chi connectivity index (χ0n) is 11.8. The van der Waals surface area contributed by atoms with Gasteiger partial charge in [0.1, 0.15) is 0 Å². The largest absolute Gasteiger partial charge is 0.481 e. The summed E-state index contributed by atoms with van der Waals surface area (Å²) in [7, 11) is 0. The molecule has 14 N–H and O–H groups in total. The molecule has 0 aromatic carbocycles. The van der Waals surface area contributed by atoms with Gasteiger partial charge in [-0.2, -0.15) is 0 Å². The van der Waals surface area contributed by atoms with E-state index in [0.29, 0.717) is 0 Å². The first-order valence-electron chi connectivity index (χ1n) is 3.71. The van der Waals surface area contributed by atoms with E-state index in [1.807, 2.05) is 0 Å². The lowest BCUT2D eigenvalue weighted by atomic mass is 10.9. The molecule has 0 aliphatic carbocycles. The van der Waals surface area contributed by atoms with Gasteiger partial charge in [-0.3, -0.25) is 19.2 Å². The van der Waals surface area contributed by atoms with Gasteiger partial charge in [0.2, 0.25) is 0 Å². The Labute approximate surface area is 115 Å². The number of carboxylic acid groups (broad SMARTS) is 4. The maximum atomic E-state index is 9.00. The van der Waals surface area contributed by atoms with Gasteiger partial charge in [-0.05, 0) is 0 Å². The highest BCUT2D eigenvalue weighted by Crippen LogP contribution is 1.43. The minimum Gasteiger partial charge on any atom is -0.481 e. The van der Waals surface area contributed by atoms with Crippen LogP contribution in [0.5, 0.6) is 0 Å². The Balaban J connectivity index is -0.0000000150. The zero-order chi connectivity index (χ0) is 14.3. The highest BCUT2D eigenvalue weighted by molar-refractivity contribution is 5.63. The molecule has 0 atom stereocenters. The van der Waals surface area contributed by atoms with Crippen molar-refractivity contribution >= 4 is 23.9 Å². The molecule has 0 aliphatic rings. The first kappa shape index (κ1) is 52.4. The van der Waals surface area contributed by atoms with Gasteiger partial charge >= 0.3 is 0 Å². The Morgan fingerprint density at radius 1 is 0.500 bits per heavy atom. The van der Waals surface area contributed by atoms with E-state index in [-0.39, 0.29) is 23.3 Å². The van der Waals surface area contributed by atoms with Crippen LogP contribution in [0.1, 0.15) is 27.7 Å². The van der Waals surface area contributed by atoms with Crippen LogP contribution in [-0.2, 0) is 19.2 Å². The van der Waals surface area contributed by atoms with Crippen LogP contribution in [0.15, 0.2) is 0 Å². The summed E-state index contributed by atoms with van der Waals surface area (Å²) in [5.74, 6) is -3.33. The van der Waals surface area contributed by atoms with Crippen LogP contribution in [0.3, 0.4) is 0 Å². The zero-order valence-corrected chi connectivity index (χ0v) is 11.8. The SMILES string of the molecule is CC(=O)O.CC(=O)O.CC(=O)O.CC(=O)O.N.N.O.O. The molecule has 0 fully saturated rings. The molecule has 0 saturated carbocycles. The lowest BCUT2D eigenvalue weighted by Crippen LogP contribution is -1.78. The van der Waals surface area contributed by atoms with Gasteiger partial charge in [0.15, 0.2) is 0 Å². The summed E-state index contributed by atoms with van der Waals surface area (Å²) >= 11 is 0. The van der Waals surface area contributed by atoms with E-state index in [1.165, 1.54) is 0 Å². The summed E-state index contributed by atoms with van der Waals surface area (Å²) in [6, 6.07) is 0. The topological polar surface area (TPSA) is 282 Å². The summed E-state index contributed by atoms with van der Waals surface area (Å²) in [5.41, 5.74) is 0. The Hall–Kier alpha value is -2.28. The van der Waals surface area contributed by atoms with Crippen molar-refractivity contribution in [2.75, 3.05) is 0 Å². The van der Waals surface area contributed by atoms with Gasteiger partial charge in [-0.25, -0.2) is 0 Å². The molecule has 0 bridgehead atoms. The quantitative estimate of drug-likeness (QED) is 0.318. The maximum absolute atomic E-state index is 9.00. The van der Waals surface area contributed by atoms with Crippen LogP contribution in [0.4, 0.5) is 0 Å². The lowest BCUT2D eigenvalue weighted by Gasteiger charge is -1.59. The van der Waals surface area contributed by atoms with Crippen molar-refractivity contribution in [3.05, 3.63) is 0 Å². The molecule has 0 spiro atoms. The van der Waals surface area contributed by atoms with Gasteiger partial charge in [0.05, 0.1) is 0 Å². The van der Waals surface area contributed by atoms with E-state index < -0.39 is 23.9 Å². The monoisotopic (exact) mass is 310 g/mol. The summed E-state index contributed by atoms with van der Waals surface area (Å²) < 4.78 is 0. The number of hydrogen-bond donors (Lipinski definition) is 6. The van der Waals surface area contributed by atoms with Crippen molar-refractivity contribution in [3.8, 4) is 0 Å². The number of carboxylic acids is 4. The molecule has 0 aromatic rings. The predicted molar refractivity (Wildman–Crippen MR) is 70.5 cm³/mol. The lowest BCUT2D eigenvalue weighted by molar-refractivity contribution is -0.135. The molecule has 0 amide bonds. The molecule has 0 rings (SSSR count). The molecule has 0 aliphatic heterocycles. The van der Waals surface area contributed by atoms with Gasteiger partial charge in [-0.1, -0.05) is 0 Å². The maximum Gasteiger partial charge on any atom is 0.300 e. The summed E-state index contributed by atoms with van der Waals surface area (Å²) in [5, 5.41) is 29.7. The molecule has 12 nitrogen and oxygen atoms in total. The molecule has 0 radical (unpaired) electrons. The van der Waals surface area contributed by atoms with Crippen LogP contribution >= 0.6 is 0 Å². The van der Waals surface area contributed by atoms with E-state index in [4.69, 9.17) is 39.6 Å². The molecule has 128 valence electrons. The number of rotatable bonds is 0. The predicted octanol–water partition coefficient (Wildman–Crippen LogP) is -0.962. The van der Waals surface area contributed by atoms with Crippen molar-refractivity contribution in [1.29, 1.82) is 0 Å². The first-order chi connectivity index (χ1) is 6.93. The van der Waals surface area contributed by atoms with Crippen LogP contribution in [0.25, 0.3) is 0 Å². The Bertz CT molecular complexity index is 167. The first-order valence-corrected chi connectivity index (χ1v) is 3.71. The summed E-state index contributed by atoms with van der Waals surface area (Å²) in [4.78, 5) is 36.0. The molecular weight excluding hydrogens is 284 g/mol. The Morgan fingerprint density at radius 2 is 0.500 bits per heavy atom. The number of carbonyl (C=O) groups is 4. The smallest absolute Gasteiger partial charge is 0.300 e. The van der Waals surface area contributed by atoms with Crippen molar-refractivity contribution in [1.82, 2.24) is 12.3 Å². The molecule has 20 heavy (non-hydrogen) atoms. The fraction of sp³-hybridized carbons (Fsp3) is 0.500. The number of aliphatic carboxylic acids is 4. The molecule has 0 heterocycles. The van der Waals surface area contributed by atoms with E-state index in [2.05, 4.69) is 0 Å². The average Bonchev–Trinajstić information content (AvgIpc) is 1.76. The van der Waals surface area contributed by atoms with Crippen LogP contribution in [0.2, 0.25) is 0 Å². The summed E-state index contributed by atoms with van der Waals surface area (Å²) in [6.45, 7) is 4.33. The third kappa shape index (κ3) is 655. The second kappa shape index (κ2) is 43.7. The normalized spacial score (nSPS) is 5.00. The average molecular weight is 310 g/mol. The van der Waals surface area contributed by atoms with Gasteiger partial charge < -0.3 is 43.7 Å². The van der Waals surface area contributed by atoms with E-state index in [1.54, 1.807) is 0 Å². The third-order valence-electron chi connectivity index (χ3n) is 0. The van der Waals surface area contributed by atoms with Gasteiger partial charge in [0.25, 0.3) is 23.9 Å². The molecule has 0 aromatic heterocycles. The molecular formula is C8H26N2O10. The molecule has 0 saturated heterocycles. The second-order valence-electron chi connectivity index (χ2n) is 2.08. The molecule has 12 heteroatoms. The van der Waals surface area contributed by atoms with Crippen molar-refractivity contribution < 1.29 is 50.6 Å². The third-order valence-corrected chi connectivity index (χ3v) is 0. The standard InChI is InChI=1S/4C2H4O2.2H3N.2H2O/c4*1-2(3)4;;;;/h4*1H3,(H,3,4);2*1H3;2*1H2. The van der Waals surface area contributed by atoms with Crippen molar-refractivity contribution in [2.45, 2.75) is 27.7 Å². The second-order valence-corrected chi connectivity index (χ2v) is 2.08. The minimum absolute atomic E-state index is 0. The van der Waals surface area contributed by atoms with Crippen molar-refractivity contribution in [2.24, 2.45) is 0 Å². The fourth-order valence-electron chi connectivity index (χ4n) is 0. The van der Waals surface area contributed by atoms with Crippen molar-refractivity contribution in [3.63, 3.8) is 0 Å².